The number of carboxylic acids is 1. The summed E-state index contributed by atoms with van der Waals surface area (Å²) in [5, 5.41) is 15.2. The van der Waals surface area contributed by atoms with Crippen LogP contribution in [0.5, 0.6) is 0 Å². The van der Waals surface area contributed by atoms with Crippen molar-refractivity contribution in [2.24, 2.45) is 17.3 Å². The Labute approximate surface area is 205 Å². The van der Waals surface area contributed by atoms with Crippen LogP contribution in [0.3, 0.4) is 0 Å². The van der Waals surface area contributed by atoms with Crippen LogP contribution < -0.4 is 10.6 Å². The van der Waals surface area contributed by atoms with E-state index in [0.29, 0.717) is 19.4 Å². The first-order chi connectivity index (χ1) is 16.9. The summed E-state index contributed by atoms with van der Waals surface area (Å²) in [4.78, 5) is 36.5. The number of alkyl carbamates (subject to hydrolysis) is 1. The summed E-state index contributed by atoms with van der Waals surface area (Å²) >= 11 is 0. The molecule has 3 aliphatic carbocycles. The second-order valence-corrected chi connectivity index (χ2v) is 10.3. The minimum atomic E-state index is -0.738. The number of aliphatic carboxylic acids is 1. The van der Waals surface area contributed by atoms with Gasteiger partial charge in [-0.2, -0.15) is 0 Å². The molecule has 5 rings (SSSR count). The van der Waals surface area contributed by atoms with E-state index in [1.165, 1.54) is 22.3 Å². The summed E-state index contributed by atoms with van der Waals surface area (Å²) in [5.41, 5.74) is 4.09. The van der Waals surface area contributed by atoms with Gasteiger partial charge in [0.15, 0.2) is 0 Å². The number of hydrogen-bond acceptors (Lipinski definition) is 4. The number of hydrogen-bond donors (Lipinski definition) is 3. The Morgan fingerprint density at radius 1 is 1.06 bits per heavy atom. The Bertz CT molecular complexity index is 1100. The fourth-order valence-corrected chi connectivity index (χ4v) is 6.05. The van der Waals surface area contributed by atoms with Gasteiger partial charge in [0, 0.05) is 24.9 Å². The molecular formula is C28H32N2O5. The van der Waals surface area contributed by atoms with Crippen LogP contribution in [0.2, 0.25) is 0 Å². The number of carbonyl (C=O) groups excluding carboxylic acids is 2. The molecule has 35 heavy (non-hydrogen) atoms. The Hall–Kier alpha value is -3.35. The highest BCUT2D eigenvalue weighted by atomic mass is 16.5. The number of carboxylic acid groups (broad SMARTS) is 1. The SMILES string of the molecule is CCC(CNC(=O)OCC1c2ccccc2-c2ccccc21)CC(=O)N[C@@H]1C[C@H]2C[C@@]2(C(=O)O)C1. The van der Waals surface area contributed by atoms with Gasteiger partial charge in [-0.3, -0.25) is 9.59 Å². The quantitative estimate of drug-likeness (QED) is 0.500. The molecule has 1 unspecified atom stereocenters. The summed E-state index contributed by atoms with van der Waals surface area (Å²) in [6, 6.07) is 16.3. The van der Waals surface area contributed by atoms with Gasteiger partial charge in [0.1, 0.15) is 6.61 Å². The zero-order valence-electron chi connectivity index (χ0n) is 20.0. The summed E-state index contributed by atoms with van der Waals surface area (Å²) in [5.74, 6) is -0.633. The second-order valence-electron chi connectivity index (χ2n) is 10.3. The van der Waals surface area contributed by atoms with Gasteiger partial charge < -0.3 is 20.5 Å². The zero-order valence-corrected chi connectivity index (χ0v) is 20.0. The normalized spacial score (nSPS) is 24.6. The first kappa shape index (κ1) is 23.4. The van der Waals surface area contributed by atoms with Gasteiger partial charge >= 0.3 is 12.1 Å². The number of ether oxygens (including phenoxy) is 1. The molecule has 3 N–H and O–H groups in total. The van der Waals surface area contributed by atoms with E-state index in [1.807, 2.05) is 31.2 Å². The molecular weight excluding hydrogens is 444 g/mol. The van der Waals surface area contributed by atoms with Crippen molar-refractivity contribution in [3.05, 3.63) is 59.7 Å². The van der Waals surface area contributed by atoms with Crippen molar-refractivity contribution >= 4 is 18.0 Å². The first-order valence-corrected chi connectivity index (χ1v) is 12.5. The van der Waals surface area contributed by atoms with Gasteiger partial charge in [-0.1, -0.05) is 61.9 Å². The van der Waals surface area contributed by atoms with E-state index in [2.05, 4.69) is 34.9 Å². The average Bonchev–Trinajstić information content (AvgIpc) is 3.29. The van der Waals surface area contributed by atoms with Crippen molar-refractivity contribution in [1.82, 2.24) is 10.6 Å². The van der Waals surface area contributed by atoms with Crippen LogP contribution in [-0.2, 0) is 14.3 Å². The van der Waals surface area contributed by atoms with Crippen LogP contribution in [0.4, 0.5) is 4.79 Å². The van der Waals surface area contributed by atoms with Gasteiger partial charge in [0.25, 0.3) is 0 Å². The summed E-state index contributed by atoms with van der Waals surface area (Å²) in [6.45, 7) is 2.60. The fourth-order valence-electron chi connectivity index (χ4n) is 6.05. The molecule has 3 aliphatic rings. The minimum Gasteiger partial charge on any atom is -0.481 e. The average molecular weight is 477 g/mol. The molecule has 184 valence electrons. The lowest BCUT2D eigenvalue weighted by Gasteiger charge is -2.20. The molecule has 7 nitrogen and oxygen atoms in total. The lowest BCUT2D eigenvalue weighted by Crippen LogP contribution is -2.38. The third-order valence-corrected chi connectivity index (χ3v) is 8.13. The van der Waals surface area contributed by atoms with E-state index in [1.54, 1.807) is 0 Å². The van der Waals surface area contributed by atoms with Crippen LogP contribution >= 0.6 is 0 Å². The van der Waals surface area contributed by atoms with Crippen molar-refractivity contribution in [2.45, 2.75) is 51.0 Å². The maximum atomic E-state index is 12.5. The molecule has 7 heteroatoms. The van der Waals surface area contributed by atoms with Gasteiger partial charge in [-0.15, -0.1) is 0 Å². The van der Waals surface area contributed by atoms with Crippen LogP contribution in [0.1, 0.15) is 56.1 Å². The van der Waals surface area contributed by atoms with Crippen molar-refractivity contribution in [1.29, 1.82) is 0 Å². The Morgan fingerprint density at radius 2 is 1.71 bits per heavy atom. The first-order valence-electron chi connectivity index (χ1n) is 12.5. The highest BCUT2D eigenvalue weighted by molar-refractivity contribution is 5.81. The highest BCUT2D eigenvalue weighted by Crippen LogP contribution is 2.63. The topological polar surface area (TPSA) is 105 Å². The van der Waals surface area contributed by atoms with E-state index < -0.39 is 17.5 Å². The highest BCUT2D eigenvalue weighted by Gasteiger charge is 2.65. The van der Waals surface area contributed by atoms with Crippen molar-refractivity contribution in [3.63, 3.8) is 0 Å². The van der Waals surface area contributed by atoms with Crippen LogP contribution in [-0.4, -0.2) is 42.3 Å². The van der Waals surface area contributed by atoms with E-state index in [-0.39, 0.29) is 36.3 Å². The Kier molecular flexibility index (Phi) is 6.26. The van der Waals surface area contributed by atoms with Crippen molar-refractivity contribution in [2.75, 3.05) is 13.2 Å². The number of nitrogens with one attached hydrogen (secondary N) is 2. The molecule has 0 heterocycles. The maximum Gasteiger partial charge on any atom is 0.407 e. The number of carbonyl (C=O) groups is 3. The molecule has 2 aromatic rings. The molecule has 2 fully saturated rings. The van der Waals surface area contributed by atoms with Crippen LogP contribution in [0, 0.1) is 17.3 Å². The molecule has 0 spiro atoms. The molecule has 0 aromatic heterocycles. The Morgan fingerprint density at radius 3 is 2.31 bits per heavy atom. The Balaban J connectivity index is 1.08. The molecule has 0 bridgehead atoms. The lowest BCUT2D eigenvalue weighted by molar-refractivity contribution is -0.143. The molecule has 2 aromatic carbocycles. The molecule has 0 aliphatic heterocycles. The summed E-state index contributed by atoms with van der Waals surface area (Å²) in [6.07, 6.45) is 2.55. The van der Waals surface area contributed by atoms with E-state index in [4.69, 9.17) is 4.74 Å². The van der Waals surface area contributed by atoms with Gasteiger partial charge in [0.2, 0.25) is 5.91 Å². The zero-order chi connectivity index (χ0) is 24.6. The fraction of sp³-hybridized carbons (Fsp3) is 0.464. The van der Waals surface area contributed by atoms with Crippen LogP contribution in [0.25, 0.3) is 11.1 Å². The number of benzene rings is 2. The predicted molar refractivity (Wildman–Crippen MR) is 131 cm³/mol. The molecule has 2 amide bonds. The number of amides is 2. The molecule has 0 radical (unpaired) electrons. The predicted octanol–water partition coefficient (Wildman–Crippen LogP) is 4.31. The van der Waals surface area contributed by atoms with Gasteiger partial charge in [0.05, 0.1) is 5.41 Å². The summed E-state index contributed by atoms with van der Waals surface area (Å²) in [7, 11) is 0. The molecule has 4 atom stereocenters. The largest absolute Gasteiger partial charge is 0.481 e. The maximum absolute atomic E-state index is 12.5. The van der Waals surface area contributed by atoms with E-state index in [9.17, 15) is 19.5 Å². The minimum absolute atomic E-state index is 0.00705. The number of rotatable bonds is 9. The molecule has 2 saturated carbocycles. The van der Waals surface area contributed by atoms with E-state index in [0.717, 1.165) is 19.3 Å². The van der Waals surface area contributed by atoms with Crippen LogP contribution in [0.15, 0.2) is 48.5 Å². The van der Waals surface area contributed by atoms with Crippen molar-refractivity contribution < 1.29 is 24.2 Å². The number of fused-ring (bicyclic) bond motifs is 4. The monoisotopic (exact) mass is 476 g/mol. The smallest absolute Gasteiger partial charge is 0.407 e. The second kappa shape index (κ2) is 9.36. The third-order valence-electron chi connectivity index (χ3n) is 8.13. The van der Waals surface area contributed by atoms with Crippen molar-refractivity contribution in [3.8, 4) is 11.1 Å². The van der Waals surface area contributed by atoms with Gasteiger partial charge in [-0.25, -0.2) is 4.79 Å². The summed E-state index contributed by atoms with van der Waals surface area (Å²) < 4.78 is 5.59. The standard InChI is InChI=1S/C28H32N2O5/c1-2-17(11-25(31)30-19-12-18-13-28(18,14-19)26(32)33)15-29-27(34)35-16-24-22-9-5-3-7-20(22)21-8-4-6-10-23(21)24/h3-10,17-19,24H,2,11-16H2,1H3,(H,29,34)(H,30,31)(H,32,33)/t17?,18-,19+,28+/m0/s1. The molecule has 0 saturated heterocycles. The van der Waals surface area contributed by atoms with Gasteiger partial charge in [-0.05, 0) is 53.4 Å². The van der Waals surface area contributed by atoms with E-state index >= 15 is 0 Å². The lowest BCUT2D eigenvalue weighted by atomic mass is 9.98. The third kappa shape index (κ3) is 4.51.